The lowest BCUT2D eigenvalue weighted by Crippen LogP contribution is -2.23. The first-order valence-electron chi connectivity index (χ1n) is 10.1. The highest BCUT2D eigenvalue weighted by Crippen LogP contribution is 2.45. The highest BCUT2D eigenvalue weighted by molar-refractivity contribution is 6.30. The predicted molar refractivity (Wildman–Crippen MR) is 118 cm³/mol. The summed E-state index contributed by atoms with van der Waals surface area (Å²) in [6.45, 7) is 1.63. The fourth-order valence-corrected chi connectivity index (χ4v) is 3.40. The average molecular weight is 485 g/mol. The van der Waals surface area contributed by atoms with Crippen LogP contribution in [0.2, 0.25) is 5.15 Å². The summed E-state index contributed by atoms with van der Waals surface area (Å²) in [6, 6.07) is 6.33. The SMILES string of the molecule is C[C@@H](OC(=O)Nc1c(-c2cc(F)c(NC(=O)C3(C#N)CC3)cn2)nnn1C)c1cccnc1Cl. The van der Waals surface area contributed by atoms with Gasteiger partial charge in [-0.15, -0.1) is 5.10 Å². The monoisotopic (exact) mass is 484 g/mol. The van der Waals surface area contributed by atoms with Gasteiger partial charge in [-0.25, -0.2) is 18.9 Å². The zero-order valence-corrected chi connectivity index (χ0v) is 18.8. The molecule has 1 saturated carbocycles. The standard InChI is InChI=1S/C21H18ClFN8O3/c1-11(12-4-3-7-25-17(12)22)34-20(33)28-18-16(29-30-31(18)2)14-8-13(23)15(9-26-14)27-19(32)21(10-24)5-6-21/h3-4,7-9,11H,5-6H2,1-2H3,(H,27,32)(H,28,33)/t11-/m1/s1. The van der Waals surface area contributed by atoms with Gasteiger partial charge in [0.15, 0.2) is 17.3 Å². The predicted octanol–water partition coefficient (Wildman–Crippen LogP) is 3.62. The Morgan fingerprint density at radius 2 is 2.12 bits per heavy atom. The molecule has 1 aliphatic carbocycles. The molecule has 0 aromatic carbocycles. The minimum Gasteiger partial charge on any atom is -0.441 e. The molecule has 174 valence electrons. The van der Waals surface area contributed by atoms with Crippen molar-refractivity contribution in [2.45, 2.75) is 25.9 Å². The third-order valence-corrected chi connectivity index (χ3v) is 5.62. The van der Waals surface area contributed by atoms with Crippen molar-refractivity contribution in [3.63, 3.8) is 0 Å². The molecule has 0 bridgehead atoms. The van der Waals surface area contributed by atoms with Gasteiger partial charge in [0.25, 0.3) is 0 Å². The molecular weight excluding hydrogens is 467 g/mol. The number of hydrogen-bond acceptors (Lipinski definition) is 8. The average Bonchev–Trinajstić information content (AvgIpc) is 3.54. The van der Waals surface area contributed by atoms with Gasteiger partial charge < -0.3 is 10.1 Å². The molecule has 4 rings (SSSR count). The van der Waals surface area contributed by atoms with Crippen molar-refractivity contribution in [3.05, 3.63) is 47.1 Å². The number of halogens is 2. The van der Waals surface area contributed by atoms with Gasteiger partial charge in [-0.3, -0.25) is 15.1 Å². The van der Waals surface area contributed by atoms with E-state index in [4.69, 9.17) is 21.6 Å². The second-order valence-corrected chi connectivity index (χ2v) is 8.02. The van der Waals surface area contributed by atoms with Crippen molar-refractivity contribution >= 4 is 35.1 Å². The first kappa shape index (κ1) is 23.1. The van der Waals surface area contributed by atoms with Crippen molar-refractivity contribution in [1.29, 1.82) is 5.26 Å². The van der Waals surface area contributed by atoms with Crippen molar-refractivity contribution in [2.75, 3.05) is 10.6 Å². The maximum atomic E-state index is 14.7. The summed E-state index contributed by atoms with van der Waals surface area (Å²) < 4.78 is 21.3. The first-order chi connectivity index (χ1) is 16.2. The molecule has 1 aliphatic rings. The number of rotatable bonds is 6. The van der Waals surface area contributed by atoms with E-state index in [0.717, 1.165) is 12.3 Å². The Labute approximate surface area is 197 Å². The number of carbonyl (C=O) groups is 2. The zero-order chi connectivity index (χ0) is 24.5. The van der Waals surface area contributed by atoms with E-state index < -0.39 is 29.3 Å². The smallest absolute Gasteiger partial charge is 0.413 e. The number of anilines is 2. The molecule has 2 amide bonds. The minimum atomic E-state index is -1.11. The van der Waals surface area contributed by atoms with Crippen LogP contribution < -0.4 is 10.6 Å². The van der Waals surface area contributed by atoms with Gasteiger partial charge in [-0.05, 0) is 25.8 Å². The molecule has 34 heavy (non-hydrogen) atoms. The summed E-state index contributed by atoms with van der Waals surface area (Å²) in [5, 5.41) is 22.0. The van der Waals surface area contributed by atoms with E-state index in [1.165, 1.54) is 17.9 Å². The van der Waals surface area contributed by atoms with Gasteiger partial charge in [-0.2, -0.15) is 5.26 Å². The molecular formula is C21H18ClFN8O3. The number of pyridine rings is 2. The number of hydrogen-bond donors (Lipinski definition) is 2. The third-order valence-electron chi connectivity index (χ3n) is 5.30. The molecule has 1 atom stereocenters. The normalized spacial score (nSPS) is 14.6. The Morgan fingerprint density at radius 1 is 1.35 bits per heavy atom. The molecule has 3 heterocycles. The second kappa shape index (κ2) is 9.03. The molecule has 3 aromatic heterocycles. The van der Waals surface area contributed by atoms with E-state index in [1.54, 1.807) is 19.1 Å². The Hall–Kier alpha value is -4.11. The van der Waals surface area contributed by atoms with Crippen LogP contribution in [0.3, 0.4) is 0 Å². The van der Waals surface area contributed by atoms with Crippen LogP contribution in [0.15, 0.2) is 30.6 Å². The van der Waals surface area contributed by atoms with Gasteiger partial charge >= 0.3 is 6.09 Å². The zero-order valence-electron chi connectivity index (χ0n) is 18.0. The first-order valence-corrected chi connectivity index (χ1v) is 10.5. The van der Waals surface area contributed by atoms with Gasteiger partial charge in [0.1, 0.15) is 16.7 Å². The Morgan fingerprint density at radius 3 is 2.76 bits per heavy atom. The van der Waals surface area contributed by atoms with Crippen LogP contribution in [0.5, 0.6) is 0 Å². The number of amides is 2. The maximum Gasteiger partial charge on any atom is 0.413 e. The van der Waals surface area contributed by atoms with Crippen LogP contribution in [-0.2, 0) is 16.6 Å². The fraction of sp³-hybridized carbons (Fsp3) is 0.286. The Kier molecular flexibility index (Phi) is 6.12. The minimum absolute atomic E-state index is 0.0590. The lowest BCUT2D eigenvalue weighted by atomic mass is 10.1. The summed E-state index contributed by atoms with van der Waals surface area (Å²) in [4.78, 5) is 32.7. The fourth-order valence-electron chi connectivity index (χ4n) is 3.13. The third kappa shape index (κ3) is 4.51. The van der Waals surface area contributed by atoms with E-state index in [9.17, 15) is 14.0 Å². The topological polar surface area (TPSA) is 148 Å². The van der Waals surface area contributed by atoms with Gasteiger partial charge in [0, 0.05) is 24.9 Å². The number of nitrogens with one attached hydrogen (secondary N) is 2. The Bertz CT molecular complexity index is 1320. The van der Waals surface area contributed by atoms with E-state index in [1.807, 2.05) is 6.07 Å². The number of carbonyl (C=O) groups excluding carboxylic acids is 2. The van der Waals surface area contributed by atoms with E-state index >= 15 is 0 Å². The molecule has 11 nitrogen and oxygen atoms in total. The highest BCUT2D eigenvalue weighted by Gasteiger charge is 2.50. The highest BCUT2D eigenvalue weighted by atomic mass is 35.5. The molecule has 0 saturated heterocycles. The van der Waals surface area contributed by atoms with Crippen molar-refractivity contribution in [3.8, 4) is 17.5 Å². The van der Waals surface area contributed by atoms with E-state index in [2.05, 4.69) is 30.9 Å². The summed E-state index contributed by atoms with van der Waals surface area (Å²) in [5.41, 5.74) is -0.615. The molecule has 2 N–H and O–H groups in total. The molecule has 0 unspecified atom stereocenters. The number of nitriles is 1. The number of ether oxygens (including phenoxy) is 1. The lowest BCUT2D eigenvalue weighted by molar-refractivity contribution is -0.119. The van der Waals surface area contributed by atoms with Crippen LogP contribution in [0.25, 0.3) is 11.4 Å². The van der Waals surface area contributed by atoms with Gasteiger partial charge in [-0.1, -0.05) is 22.9 Å². The molecule has 3 aromatic rings. The molecule has 13 heteroatoms. The molecule has 0 spiro atoms. The quantitative estimate of drug-likeness (QED) is 0.504. The van der Waals surface area contributed by atoms with Crippen molar-refractivity contribution in [1.82, 2.24) is 25.0 Å². The molecule has 0 aliphatic heterocycles. The molecule has 0 radical (unpaired) electrons. The Balaban J connectivity index is 1.49. The van der Waals surface area contributed by atoms with Crippen molar-refractivity contribution in [2.24, 2.45) is 12.5 Å². The van der Waals surface area contributed by atoms with Gasteiger partial charge in [0.2, 0.25) is 5.91 Å². The lowest BCUT2D eigenvalue weighted by Gasteiger charge is -2.15. The summed E-state index contributed by atoms with van der Waals surface area (Å²) >= 11 is 6.04. The van der Waals surface area contributed by atoms with Crippen LogP contribution in [0.4, 0.5) is 20.7 Å². The van der Waals surface area contributed by atoms with E-state index in [0.29, 0.717) is 18.4 Å². The molecule has 1 fully saturated rings. The van der Waals surface area contributed by atoms with Crippen LogP contribution in [0.1, 0.15) is 31.4 Å². The van der Waals surface area contributed by atoms with Gasteiger partial charge in [0.05, 0.1) is 23.6 Å². The second-order valence-electron chi connectivity index (χ2n) is 7.66. The number of aromatic nitrogens is 5. The van der Waals surface area contributed by atoms with E-state index in [-0.39, 0.29) is 28.0 Å². The van der Waals surface area contributed by atoms with Crippen LogP contribution >= 0.6 is 11.6 Å². The van der Waals surface area contributed by atoms with Crippen LogP contribution in [-0.4, -0.2) is 37.0 Å². The van der Waals surface area contributed by atoms with Crippen LogP contribution in [0, 0.1) is 22.6 Å². The number of aryl methyl sites for hydroxylation is 1. The van der Waals surface area contributed by atoms with Crippen molar-refractivity contribution < 1.29 is 18.7 Å². The maximum absolute atomic E-state index is 14.7. The summed E-state index contributed by atoms with van der Waals surface area (Å²) in [6.07, 6.45) is 1.96. The summed E-state index contributed by atoms with van der Waals surface area (Å²) in [5.74, 6) is -1.25. The summed E-state index contributed by atoms with van der Waals surface area (Å²) in [7, 11) is 1.52. The number of nitrogens with zero attached hydrogens (tertiary/aromatic N) is 6. The largest absolute Gasteiger partial charge is 0.441 e.